The molecule has 0 aromatic heterocycles. The van der Waals surface area contributed by atoms with Crippen LogP contribution in [0.5, 0.6) is 5.75 Å². The molecule has 168 valence electrons. The Labute approximate surface area is 184 Å². The van der Waals surface area contributed by atoms with E-state index in [9.17, 15) is 13.2 Å². The van der Waals surface area contributed by atoms with Crippen molar-refractivity contribution < 1.29 is 17.9 Å². The molecule has 0 spiro atoms. The summed E-state index contributed by atoms with van der Waals surface area (Å²) in [5, 5.41) is 3.08. The monoisotopic (exact) mass is 445 g/mol. The fourth-order valence-electron chi connectivity index (χ4n) is 3.94. The van der Waals surface area contributed by atoms with Gasteiger partial charge in [-0.1, -0.05) is 30.3 Å². The molecule has 0 radical (unpaired) electrons. The second-order valence-electron chi connectivity index (χ2n) is 7.66. The summed E-state index contributed by atoms with van der Waals surface area (Å²) in [7, 11) is -0.394. The number of ether oxygens (including phenoxy) is 1. The van der Waals surface area contributed by atoms with Gasteiger partial charge in [0.05, 0.1) is 18.0 Å². The summed E-state index contributed by atoms with van der Waals surface area (Å²) < 4.78 is 31.5. The topological polar surface area (TPSA) is 87.7 Å². The highest BCUT2D eigenvalue weighted by atomic mass is 32.2. The normalized spacial score (nSPS) is 15.5. The van der Waals surface area contributed by atoms with Gasteiger partial charge in [-0.25, -0.2) is 13.1 Å². The van der Waals surface area contributed by atoms with Crippen LogP contribution in [-0.2, 0) is 21.2 Å². The van der Waals surface area contributed by atoms with Crippen molar-refractivity contribution >= 4 is 15.9 Å². The average Bonchev–Trinajstić information content (AvgIpc) is 3.33. The summed E-state index contributed by atoms with van der Waals surface area (Å²) in [6.45, 7) is 2.56. The van der Waals surface area contributed by atoms with Crippen molar-refractivity contribution in [3.05, 3.63) is 59.7 Å². The Morgan fingerprint density at radius 2 is 1.77 bits per heavy atom. The van der Waals surface area contributed by atoms with E-state index >= 15 is 0 Å². The number of likely N-dealkylation sites (tertiary alicyclic amines) is 1. The fourth-order valence-corrected chi connectivity index (χ4v) is 4.67. The third-order valence-corrected chi connectivity index (χ3v) is 7.15. The maximum atomic E-state index is 12.5. The zero-order valence-corrected chi connectivity index (χ0v) is 19.0. The van der Waals surface area contributed by atoms with Crippen molar-refractivity contribution in [2.45, 2.75) is 36.6 Å². The molecule has 1 aliphatic rings. The molecule has 2 aromatic carbocycles. The summed E-state index contributed by atoms with van der Waals surface area (Å²) in [6, 6.07) is 14.7. The van der Waals surface area contributed by atoms with Gasteiger partial charge >= 0.3 is 0 Å². The highest BCUT2D eigenvalue weighted by molar-refractivity contribution is 7.89. The van der Waals surface area contributed by atoms with Crippen LogP contribution >= 0.6 is 0 Å². The lowest BCUT2D eigenvalue weighted by Gasteiger charge is -2.29. The number of nitrogens with zero attached hydrogens (tertiary/aromatic N) is 1. The van der Waals surface area contributed by atoms with Crippen molar-refractivity contribution in [3.8, 4) is 5.75 Å². The molecule has 0 bridgehead atoms. The zero-order chi connectivity index (χ0) is 22.3. The zero-order valence-electron chi connectivity index (χ0n) is 18.1. The van der Waals surface area contributed by atoms with E-state index in [1.807, 2.05) is 18.2 Å². The largest absolute Gasteiger partial charge is 0.496 e. The van der Waals surface area contributed by atoms with Gasteiger partial charge in [0.2, 0.25) is 15.9 Å². The van der Waals surface area contributed by atoms with Crippen molar-refractivity contribution in [2.75, 3.05) is 33.8 Å². The third kappa shape index (κ3) is 6.06. The molecule has 2 N–H and O–H groups in total. The van der Waals surface area contributed by atoms with E-state index in [0.717, 1.165) is 30.0 Å². The molecule has 1 fully saturated rings. The van der Waals surface area contributed by atoms with Gasteiger partial charge in [-0.3, -0.25) is 9.69 Å². The van der Waals surface area contributed by atoms with E-state index in [1.54, 1.807) is 31.4 Å². The van der Waals surface area contributed by atoms with Gasteiger partial charge in [-0.15, -0.1) is 0 Å². The van der Waals surface area contributed by atoms with E-state index in [1.165, 1.54) is 19.9 Å². The molecular weight excluding hydrogens is 414 g/mol. The Morgan fingerprint density at radius 1 is 1.10 bits per heavy atom. The highest BCUT2D eigenvalue weighted by Gasteiger charge is 2.26. The van der Waals surface area contributed by atoms with Gasteiger partial charge in [0.15, 0.2) is 0 Å². The molecule has 31 heavy (non-hydrogen) atoms. The third-order valence-electron chi connectivity index (χ3n) is 5.72. The summed E-state index contributed by atoms with van der Waals surface area (Å²) >= 11 is 0. The molecule has 1 saturated heterocycles. The lowest BCUT2D eigenvalue weighted by Crippen LogP contribution is -2.37. The van der Waals surface area contributed by atoms with Gasteiger partial charge in [0.1, 0.15) is 5.75 Å². The summed E-state index contributed by atoms with van der Waals surface area (Å²) in [4.78, 5) is 15.1. The van der Waals surface area contributed by atoms with E-state index < -0.39 is 10.0 Å². The number of amides is 1. The van der Waals surface area contributed by atoms with Gasteiger partial charge in [-0.05, 0) is 63.2 Å². The lowest BCUT2D eigenvalue weighted by atomic mass is 10.0. The second kappa shape index (κ2) is 10.7. The number of carbonyl (C=O) groups is 1. The summed E-state index contributed by atoms with van der Waals surface area (Å²) in [5.41, 5.74) is 2.01. The quantitative estimate of drug-likeness (QED) is 0.587. The minimum absolute atomic E-state index is 0.0222. The number of rotatable bonds is 10. The van der Waals surface area contributed by atoms with Crippen LogP contribution < -0.4 is 14.8 Å². The number of hydrogen-bond donors (Lipinski definition) is 2. The minimum Gasteiger partial charge on any atom is -0.496 e. The molecule has 0 aliphatic carbocycles. The summed E-state index contributed by atoms with van der Waals surface area (Å²) in [6.07, 6.45) is 3.23. The van der Waals surface area contributed by atoms with Crippen LogP contribution in [0.15, 0.2) is 53.4 Å². The number of benzene rings is 2. The molecule has 3 rings (SSSR count). The first-order valence-electron chi connectivity index (χ1n) is 10.6. The highest BCUT2D eigenvalue weighted by Crippen LogP contribution is 2.31. The molecule has 1 amide bonds. The first kappa shape index (κ1) is 23.2. The number of hydrogen-bond acceptors (Lipinski definition) is 5. The Hall–Kier alpha value is -2.42. The van der Waals surface area contributed by atoms with Gasteiger partial charge in [-0.2, -0.15) is 0 Å². The number of nitrogens with one attached hydrogen (secondary N) is 2. The van der Waals surface area contributed by atoms with Crippen LogP contribution in [0.25, 0.3) is 0 Å². The fraction of sp³-hybridized carbons (Fsp3) is 0.435. The van der Waals surface area contributed by atoms with Crippen LogP contribution in [0.4, 0.5) is 0 Å². The molecule has 8 heteroatoms. The minimum atomic E-state index is -3.45. The molecule has 7 nitrogen and oxygen atoms in total. The van der Waals surface area contributed by atoms with Crippen molar-refractivity contribution in [1.29, 1.82) is 0 Å². The Balaban J connectivity index is 1.58. The molecule has 1 aliphatic heterocycles. The smallest absolute Gasteiger partial charge is 0.240 e. The van der Waals surface area contributed by atoms with E-state index in [4.69, 9.17) is 4.74 Å². The van der Waals surface area contributed by atoms with Crippen molar-refractivity contribution in [3.63, 3.8) is 0 Å². The number of para-hydroxylation sites is 1. The van der Waals surface area contributed by atoms with Crippen LogP contribution in [0.2, 0.25) is 0 Å². The number of methoxy groups -OCH3 is 1. The SMILES string of the molecule is CNS(=O)(=O)c1ccc(CCC(=O)NCC(c2ccccc2OC)N2CCCC2)cc1. The first-order valence-corrected chi connectivity index (χ1v) is 12.1. The first-order chi connectivity index (χ1) is 14.9. The van der Waals surface area contributed by atoms with Gasteiger partial charge in [0.25, 0.3) is 0 Å². The van der Waals surface area contributed by atoms with Gasteiger partial charge in [0, 0.05) is 18.5 Å². The number of sulfonamides is 1. The molecule has 1 atom stereocenters. The van der Waals surface area contributed by atoms with E-state index in [-0.39, 0.29) is 16.8 Å². The predicted octanol–water partition coefficient (Wildman–Crippen LogP) is 2.49. The van der Waals surface area contributed by atoms with E-state index in [0.29, 0.717) is 19.4 Å². The van der Waals surface area contributed by atoms with Crippen molar-refractivity contribution in [2.24, 2.45) is 0 Å². The maximum Gasteiger partial charge on any atom is 0.240 e. The standard InChI is InChI=1S/C23H31N3O4S/c1-24-31(28,29)19-12-9-18(10-13-19)11-14-23(27)25-17-21(26-15-5-6-16-26)20-7-3-4-8-22(20)30-2/h3-4,7-10,12-13,21,24H,5-6,11,14-17H2,1-2H3,(H,25,27). The Bertz CT molecular complexity index is 971. The van der Waals surface area contributed by atoms with Crippen LogP contribution in [0.3, 0.4) is 0 Å². The van der Waals surface area contributed by atoms with Crippen LogP contribution in [0, 0.1) is 0 Å². The second-order valence-corrected chi connectivity index (χ2v) is 9.54. The number of carbonyl (C=O) groups excluding carboxylic acids is 1. The predicted molar refractivity (Wildman–Crippen MR) is 121 cm³/mol. The average molecular weight is 446 g/mol. The molecule has 0 saturated carbocycles. The van der Waals surface area contributed by atoms with Crippen molar-refractivity contribution in [1.82, 2.24) is 14.9 Å². The Morgan fingerprint density at radius 3 is 2.42 bits per heavy atom. The van der Waals surface area contributed by atoms with E-state index in [2.05, 4.69) is 21.0 Å². The summed E-state index contributed by atoms with van der Waals surface area (Å²) in [5.74, 6) is 0.816. The maximum absolute atomic E-state index is 12.5. The molecular formula is C23H31N3O4S. The molecule has 1 heterocycles. The Kier molecular flexibility index (Phi) is 8.06. The molecule has 2 aromatic rings. The molecule has 1 unspecified atom stereocenters. The van der Waals surface area contributed by atoms with Gasteiger partial charge < -0.3 is 10.1 Å². The lowest BCUT2D eigenvalue weighted by molar-refractivity contribution is -0.121. The van der Waals surface area contributed by atoms with Crippen LogP contribution in [0.1, 0.15) is 36.4 Å². The number of aryl methyl sites for hydroxylation is 1. The van der Waals surface area contributed by atoms with Crippen LogP contribution in [-0.4, -0.2) is 53.0 Å².